The zero-order valence-electron chi connectivity index (χ0n) is 10.2. The largest absolute Gasteiger partial charge is 0.321 e. The van der Waals surface area contributed by atoms with Crippen molar-refractivity contribution in [1.82, 2.24) is 0 Å². The van der Waals surface area contributed by atoms with Crippen molar-refractivity contribution in [3.05, 3.63) is 64.7 Å². The molecule has 0 saturated heterocycles. The van der Waals surface area contributed by atoms with E-state index in [4.69, 9.17) is 0 Å². The van der Waals surface area contributed by atoms with Gasteiger partial charge in [0.25, 0.3) is 5.69 Å². The summed E-state index contributed by atoms with van der Waals surface area (Å²) in [7, 11) is -3.85. The van der Waals surface area contributed by atoms with E-state index in [0.29, 0.717) is 5.69 Å². The highest BCUT2D eigenvalue weighted by molar-refractivity contribution is 7.94. The minimum atomic E-state index is -3.85. The molecule has 20 heavy (non-hydrogen) atoms. The second kappa shape index (κ2) is 5.57. The second-order valence-corrected chi connectivity index (χ2v) is 5.30. The highest BCUT2D eigenvalue weighted by Crippen LogP contribution is 2.18. The van der Waals surface area contributed by atoms with Gasteiger partial charge in [-0.25, -0.2) is 0 Å². The number of benzene rings is 2. The first-order chi connectivity index (χ1) is 9.46. The van der Waals surface area contributed by atoms with Crippen molar-refractivity contribution in [2.45, 2.75) is 0 Å². The van der Waals surface area contributed by atoms with Gasteiger partial charge in [-0.2, -0.15) is 8.42 Å². The average molecular weight is 293 g/mol. The minimum absolute atomic E-state index is 0.114. The number of para-hydroxylation sites is 1. The molecule has 104 valence electrons. The van der Waals surface area contributed by atoms with Crippen molar-refractivity contribution in [1.29, 1.82) is 0 Å². The molecule has 2 rings (SSSR count). The fourth-order valence-corrected chi connectivity index (χ4v) is 2.46. The maximum Gasteiger partial charge on any atom is 0.321 e. The average Bonchev–Trinajstić information content (AvgIpc) is 2.39. The van der Waals surface area contributed by atoms with E-state index in [9.17, 15) is 18.5 Å². The number of hydrogen-bond donors (Lipinski definition) is 2. The Hall–Kier alpha value is -2.61. The fraction of sp³-hybridized carbons (Fsp3) is 0. The number of nitrogens with zero attached hydrogens (tertiary/aromatic N) is 1. The minimum Gasteiger partial charge on any atom is -0.267 e. The van der Waals surface area contributed by atoms with E-state index in [2.05, 4.69) is 9.44 Å². The Balaban J connectivity index is 2.16. The van der Waals surface area contributed by atoms with E-state index in [0.717, 1.165) is 6.07 Å². The zero-order valence-corrected chi connectivity index (χ0v) is 11.0. The lowest BCUT2D eigenvalue weighted by atomic mass is 10.3. The molecular formula is C12H11N3O4S. The lowest BCUT2D eigenvalue weighted by Crippen LogP contribution is -2.21. The summed E-state index contributed by atoms with van der Waals surface area (Å²) < 4.78 is 28.2. The van der Waals surface area contributed by atoms with Crippen LogP contribution in [0, 0.1) is 10.1 Å². The van der Waals surface area contributed by atoms with E-state index >= 15 is 0 Å². The molecule has 2 N–H and O–H groups in total. The van der Waals surface area contributed by atoms with Crippen LogP contribution in [0.1, 0.15) is 0 Å². The number of hydrogen-bond acceptors (Lipinski definition) is 4. The number of anilines is 2. The van der Waals surface area contributed by atoms with Crippen molar-refractivity contribution in [2.24, 2.45) is 0 Å². The molecule has 8 heteroatoms. The van der Waals surface area contributed by atoms with Crippen LogP contribution in [-0.2, 0) is 10.2 Å². The summed E-state index contributed by atoms with van der Waals surface area (Å²) in [5.74, 6) is 0. The Kier molecular flexibility index (Phi) is 3.85. The number of non-ortho nitro benzene ring substituents is 1. The van der Waals surface area contributed by atoms with E-state index < -0.39 is 15.1 Å². The Labute approximate surface area is 115 Å². The summed E-state index contributed by atoms with van der Waals surface area (Å²) in [6.45, 7) is 0. The molecule has 0 aliphatic carbocycles. The molecule has 0 amide bonds. The SMILES string of the molecule is O=[N+]([O-])c1cccc(NS(=O)(=O)Nc2ccccc2)c1. The van der Waals surface area contributed by atoms with E-state index in [1.807, 2.05) is 0 Å². The number of nitrogens with one attached hydrogen (secondary N) is 2. The van der Waals surface area contributed by atoms with Gasteiger partial charge in [-0.05, 0) is 18.2 Å². The second-order valence-electron chi connectivity index (χ2n) is 3.88. The number of rotatable bonds is 5. The van der Waals surface area contributed by atoms with Gasteiger partial charge in [-0.15, -0.1) is 0 Å². The van der Waals surface area contributed by atoms with Crippen LogP contribution in [0.5, 0.6) is 0 Å². The molecule has 0 atom stereocenters. The molecule has 0 fully saturated rings. The van der Waals surface area contributed by atoms with Crippen molar-refractivity contribution in [3.8, 4) is 0 Å². The topological polar surface area (TPSA) is 101 Å². The molecular weight excluding hydrogens is 282 g/mol. The van der Waals surface area contributed by atoms with E-state index in [1.54, 1.807) is 30.3 Å². The Morgan fingerprint density at radius 1 is 0.900 bits per heavy atom. The molecule has 2 aromatic rings. The third-order valence-corrected chi connectivity index (χ3v) is 3.34. The predicted octanol–water partition coefficient (Wildman–Crippen LogP) is 2.36. The third-order valence-electron chi connectivity index (χ3n) is 2.34. The smallest absolute Gasteiger partial charge is 0.267 e. The van der Waals surface area contributed by atoms with Gasteiger partial charge in [0.1, 0.15) is 0 Å². The molecule has 0 spiro atoms. The van der Waals surface area contributed by atoms with Crippen LogP contribution in [0.25, 0.3) is 0 Å². The summed E-state index contributed by atoms with van der Waals surface area (Å²) in [6.07, 6.45) is 0. The maximum absolute atomic E-state index is 11.9. The zero-order chi connectivity index (χ0) is 14.6. The van der Waals surface area contributed by atoms with Crippen LogP contribution in [0.2, 0.25) is 0 Å². The number of nitro benzene ring substituents is 1. The number of nitro groups is 1. The lowest BCUT2D eigenvalue weighted by molar-refractivity contribution is -0.384. The summed E-state index contributed by atoms with van der Waals surface area (Å²) in [6, 6.07) is 13.6. The molecule has 0 bridgehead atoms. The van der Waals surface area contributed by atoms with Gasteiger partial charge in [-0.3, -0.25) is 19.6 Å². The molecule has 0 radical (unpaired) electrons. The van der Waals surface area contributed by atoms with Gasteiger partial charge in [-0.1, -0.05) is 24.3 Å². The molecule has 0 aliphatic rings. The molecule has 0 heterocycles. The van der Waals surface area contributed by atoms with Crippen molar-refractivity contribution < 1.29 is 13.3 Å². The molecule has 7 nitrogen and oxygen atoms in total. The first-order valence-corrected chi connectivity index (χ1v) is 7.05. The van der Waals surface area contributed by atoms with Gasteiger partial charge < -0.3 is 0 Å². The third kappa shape index (κ3) is 3.69. The molecule has 0 aromatic heterocycles. The predicted molar refractivity (Wildman–Crippen MR) is 75.7 cm³/mol. The van der Waals surface area contributed by atoms with Gasteiger partial charge in [0.2, 0.25) is 0 Å². The van der Waals surface area contributed by atoms with Gasteiger partial charge in [0.05, 0.1) is 16.3 Å². The van der Waals surface area contributed by atoms with Crippen LogP contribution >= 0.6 is 0 Å². The summed E-state index contributed by atoms with van der Waals surface area (Å²) in [4.78, 5) is 10.0. The van der Waals surface area contributed by atoms with Gasteiger partial charge in [0, 0.05) is 12.1 Å². The van der Waals surface area contributed by atoms with Crippen LogP contribution < -0.4 is 9.44 Å². The highest BCUT2D eigenvalue weighted by Gasteiger charge is 2.12. The van der Waals surface area contributed by atoms with E-state index in [-0.39, 0.29) is 11.4 Å². The summed E-state index contributed by atoms with van der Waals surface area (Å²) in [5, 5.41) is 10.6. The van der Waals surface area contributed by atoms with Crippen molar-refractivity contribution >= 4 is 27.3 Å². The van der Waals surface area contributed by atoms with E-state index in [1.165, 1.54) is 18.2 Å². The Bertz CT molecular complexity index is 716. The Morgan fingerprint density at radius 2 is 1.50 bits per heavy atom. The molecule has 0 aliphatic heterocycles. The normalized spacial score (nSPS) is 10.8. The molecule has 0 saturated carbocycles. The molecule has 0 unspecified atom stereocenters. The highest BCUT2D eigenvalue weighted by atomic mass is 32.2. The van der Waals surface area contributed by atoms with Gasteiger partial charge >= 0.3 is 10.2 Å². The standard InChI is InChI=1S/C12H11N3O4S/c16-15(17)12-8-4-7-11(9-12)14-20(18,19)13-10-5-2-1-3-6-10/h1-9,13-14H. The van der Waals surface area contributed by atoms with Crippen molar-refractivity contribution in [3.63, 3.8) is 0 Å². The van der Waals surface area contributed by atoms with Crippen LogP contribution in [-0.4, -0.2) is 13.3 Å². The first-order valence-electron chi connectivity index (χ1n) is 5.56. The Morgan fingerprint density at radius 3 is 2.15 bits per heavy atom. The summed E-state index contributed by atoms with van der Waals surface area (Å²) in [5.41, 5.74) is 0.318. The first kappa shape index (κ1) is 13.8. The fourth-order valence-electron chi connectivity index (χ4n) is 1.52. The quantitative estimate of drug-likeness (QED) is 0.652. The lowest BCUT2D eigenvalue weighted by Gasteiger charge is -2.09. The van der Waals surface area contributed by atoms with Crippen LogP contribution in [0.3, 0.4) is 0 Å². The molecule has 2 aromatic carbocycles. The van der Waals surface area contributed by atoms with Crippen LogP contribution in [0.4, 0.5) is 17.1 Å². The van der Waals surface area contributed by atoms with Gasteiger partial charge in [0.15, 0.2) is 0 Å². The van der Waals surface area contributed by atoms with Crippen molar-refractivity contribution in [2.75, 3.05) is 9.44 Å². The summed E-state index contributed by atoms with van der Waals surface area (Å²) >= 11 is 0. The maximum atomic E-state index is 11.9. The monoisotopic (exact) mass is 293 g/mol. The van der Waals surface area contributed by atoms with Crippen LogP contribution in [0.15, 0.2) is 54.6 Å².